The van der Waals surface area contributed by atoms with E-state index in [-0.39, 0.29) is 17.6 Å². The van der Waals surface area contributed by atoms with Gasteiger partial charge in [0.25, 0.3) is 5.91 Å². The van der Waals surface area contributed by atoms with E-state index >= 15 is 0 Å². The number of benzene rings is 2. The smallest absolute Gasteiger partial charge is 0.255 e. The van der Waals surface area contributed by atoms with Crippen LogP contribution in [0.2, 0.25) is 5.02 Å². The molecule has 0 atom stereocenters. The fourth-order valence-electron chi connectivity index (χ4n) is 2.23. The Balaban J connectivity index is 1.51. The molecule has 136 valence electrons. The lowest BCUT2D eigenvalue weighted by molar-refractivity contribution is -0.113. The third kappa shape index (κ3) is 5.84. The Labute approximate surface area is 166 Å². The monoisotopic (exact) mass is 397 g/mol. The molecular weight excluding hydrogens is 382 g/mol. The zero-order chi connectivity index (χ0) is 19.1. The summed E-state index contributed by atoms with van der Waals surface area (Å²) >= 11 is 7.31. The molecule has 0 fully saturated rings. The summed E-state index contributed by atoms with van der Waals surface area (Å²) in [5.74, 6) is 0.442. The number of amides is 2. The fraction of sp³-hybridized carbons (Fsp3) is 0.0500. The molecule has 2 aromatic carbocycles. The van der Waals surface area contributed by atoms with Crippen molar-refractivity contribution in [2.75, 3.05) is 16.4 Å². The van der Waals surface area contributed by atoms with E-state index in [9.17, 15) is 9.59 Å². The Kier molecular flexibility index (Phi) is 6.46. The van der Waals surface area contributed by atoms with Crippen molar-refractivity contribution in [1.82, 2.24) is 4.98 Å². The molecule has 0 aliphatic carbocycles. The molecule has 0 aliphatic heterocycles. The van der Waals surface area contributed by atoms with Gasteiger partial charge in [0.05, 0.1) is 5.75 Å². The summed E-state index contributed by atoms with van der Waals surface area (Å²) < 4.78 is 0. The molecule has 2 amide bonds. The molecule has 1 aromatic heterocycles. The standard InChI is InChI=1S/C20H16ClN3O2S/c21-15-5-3-4-14(12-15)20(26)23-16-7-9-17(10-8-16)27-13-19(25)24-18-6-1-2-11-22-18/h1-12H,13H2,(H,23,26)(H,22,24,25). The molecule has 1 heterocycles. The van der Waals surface area contributed by atoms with Gasteiger partial charge in [-0.3, -0.25) is 9.59 Å². The molecule has 0 saturated heterocycles. The highest BCUT2D eigenvalue weighted by atomic mass is 35.5. The molecular formula is C20H16ClN3O2S. The van der Waals surface area contributed by atoms with Crippen LogP contribution in [-0.2, 0) is 4.79 Å². The van der Waals surface area contributed by atoms with Crippen LogP contribution in [0.25, 0.3) is 0 Å². The number of nitrogens with one attached hydrogen (secondary N) is 2. The van der Waals surface area contributed by atoms with Crippen molar-refractivity contribution in [2.45, 2.75) is 4.90 Å². The first-order chi connectivity index (χ1) is 13.1. The highest BCUT2D eigenvalue weighted by Crippen LogP contribution is 2.21. The van der Waals surface area contributed by atoms with E-state index in [4.69, 9.17) is 11.6 Å². The van der Waals surface area contributed by atoms with Gasteiger partial charge in [-0.25, -0.2) is 4.98 Å². The number of halogens is 1. The van der Waals surface area contributed by atoms with E-state index in [0.717, 1.165) is 4.90 Å². The average Bonchev–Trinajstić information content (AvgIpc) is 2.68. The third-order valence-corrected chi connectivity index (χ3v) is 4.75. The SMILES string of the molecule is O=C(CSc1ccc(NC(=O)c2cccc(Cl)c2)cc1)Nc1ccccn1. The van der Waals surface area contributed by atoms with Crippen molar-refractivity contribution in [3.05, 3.63) is 83.5 Å². The van der Waals surface area contributed by atoms with Gasteiger partial charge in [0.1, 0.15) is 5.82 Å². The van der Waals surface area contributed by atoms with Gasteiger partial charge in [-0.05, 0) is 54.6 Å². The second-order valence-corrected chi connectivity index (χ2v) is 7.03. The Bertz CT molecular complexity index is 933. The molecule has 2 N–H and O–H groups in total. The molecule has 3 aromatic rings. The maximum atomic E-state index is 12.2. The maximum absolute atomic E-state index is 12.2. The van der Waals surface area contributed by atoms with Crippen molar-refractivity contribution in [3.8, 4) is 0 Å². The summed E-state index contributed by atoms with van der Waals surface area (Å²) in [7, 11) is 0. The number of nitrogens with zero attached hydrogens (tertiary/aromatic N) is 1. The zero-order valence-corrected chi connectivity index (χ0v) is 15.8. The first-order valence-corrected chi connectivity index (χ1v) is 9.47. The van der Waals surface area contributed by atoms with E-state index in [1.807, 2.05) is 18.2 Å². The van der Waals surface area contributed by atoms with Crippen LogP contribution >= 0.6 is 23.4 Å². The lowest BCUT2D eigenvalue weighted by Crippen LogP contribution is -2.14. The highest BCUT2D eigenvalue weighted by molar-refractivity contribution is 8.00. The molecule has 27 heavy (non-hydrogen) atoms. The number of carbonyl (C=O) groups excluding carboxylic acids is 2. The Morgan fingerprint density at radius 1 is 0.963 bits per heavy atom. The van der Waals surface area contributed by atoms with Crippen LogP contribution in [0.4, 0.5) is 11.5 Å². The summed E-state index contributed by atoms with van der Waals surface area (Å²) in [6.07, 6.45) is 1.62. The van der Waals surface area contributed by atoms with Crippen molar-refractivity contribution in [3.63, 3.8) is 0 Å². The minimum atomic E-state index is -0.229. The van der Waals surface area contributed by atoms with Crippen LogP contribution in [0.15, 0.2) is 77.8 Å². The van der Waals surface area contributed by atoms with Gasteiger partial charge in [-0.2, -0.15) is 0 Å². The van der Waals surface area contributed by atoms with Crippen LogP contribution in [-0.4, -0.2) is 22.6 Å². The number of thioether (sulfide) groups is 1. The molecule has 0 unspecified atom stereocenters. The van der Waals surface area contributed by atoms with Crippen LogP contribution in [0.5, 0.6) is 0 Å². The topological polar surface area (TPSA) is 71.1 Å². The Hall–Kier alpha value is -2.83. The average molecular weight is 398 g/mol. The first-order valence-electron chi connectivity index (χ1n) is 8.11. The molecule has 5 nitrogen and oxygen atoms in total. The summed E-state index contributed by atoms with van der Waals surface area (Å²) in [6.45, 7) is 0. The third-order valence-electron chi connectivity index (χ3n) is 3.50. The van der Waals surface area contributed by atoms with Crippen molar-refractivity contribution in [2.24, 2.45) is 0 Å². The van der Waals surface area contributed by atoms with Gasteiger partial charge >= 0.3 is 0 Å². The lowest BCUT2D eigenvalue weighted by Gasteiger charge is -2.07. The number of anilines is 2. The summed E-state index contributed by atoms with van der Waals surface area (Å²) in [6, 6.07) is 19.4. The van der Waals surface area contributed by atoms with E-state index in [0.29, 0.717) is 22.1 Å². The zero-order valence-electron chi connectivity index (χ0n) is 14.2. The molecule has 0 saturated carbocycles. The number of carbonyl (C=O) groups is 2. The number of pyridine rings is 1. The van der Waals surface area contributed by atoms with Crippen molar-refractivity contribution in [1.29, 1.82) is 0 Å². The summed E-state index contributed by atoms with van der Waals surface area (Å²) in [5.41, 5.74) is 1.16. The minimum Gasteiger partial charge on any atom is -0.322 e. The molecule has 7 heteroatoms. The van der Waals surface area contributed by atoms with Gasteiger partial charge in [0.2, 0.25) is 5.91 Å². The normalized spacial score (nSPS) is 10.3. The van der Waals surface area contributed by atoms with E-state index < -0.39 is 0 Å². The van der Waals surface area contributed by atoms with Crippen LogP contribution in [0.3, 0.4) is 0 Å². The Morgan fingerprint density at radius 3 is 2.48 bits per heavy atom. The number of rotatable bonds is 6. The molecule has 0 aliphatic rings. The summed E-state index contributed by atoms with van der Waals surface area (Å²) in [5, 5.41) is 6.06. The molecule has 0 spiro atoms. The number of hydrogen-bond acceptors (Lipinski definition) is 4. The second-order valence-electron chi connectivity index (χ2n) is 5.54. The van der Waals surface area contributed by atoms with E-state index in [1.165, 1.54) is 11.8 Å². The number of aromatic nitrogens is 1. The molecule has 0 radical (unpaired) electrons. The van der Waals surface area contributed by atoms with Crippen LogP contribution in [0.1, 0.15) is 10.4 Å². The van der Waals surface area contributed by atoms with Gasteiger partial charge in [0.15, 0.2) is 0 Å². The number of hydrogen-bond donors (Lipinski definition) is 2. The van der Waals surface area contributed by atoms with Gasteiger partial charge in [-0.15, -0.1) is 11.8 Å². The second kappa shape index (κ2) is 9.21. The van der Waals surface area contributed by atoms with Crippen molar-refractivity contribution >= 4 is 46.7 Å². The van der Waals surface area contributed by atoms with E-state index in [2.05, 4.69) is 15.6 Å². The first kappa shape index (κ1) is 18.9. The van der Waals surface area contributed by atoms with E-state index in [1.54, 1.807) is 54.7 Å². The quantitative estimate of drug-likeness (QED) is 0.590. The fourth-order valence-corrected chi connectivity index (χ4v) is 3.12. The summed E-state index contributed by atoms with van der Waals surface area (Å²) in [4.78, 5) is 29.1. The minimum absolute atomic E-state index is 0.128. The highest BCUT2D eigenvalue weighted by Gasteiger charge is 2.07. The van der Waals surface area contributed by atoms with Gasteiger partial charge < -0.3 is 10.6 Å². The molecule has 3 rings (SSSR count). The van der Waals surface area contributed by atoms with Crippen LogP contribution in [0, 0.1) is 0 Å². The van der Waals surface area contributed by atoms with Gasteiger partial charge in [-0.1, -0.05) is 23.7 Å². The molecule has 0 bridgehead atoms. The lowest BCUT2D eigenvalue weighted by atomic mass is 10.2. The maximum Gasteiger partial charge on any atom is 0.255 e. The largest absolute Gasteiger partial charge is 0.322 e. The van der Waals surface area contributed by atoms with Gasteiger partial charge in [0, 0.05) is 27.4 Å². The Morgan fingerprint density at radius 2 is 1.78 bits per heavy atom. The van der Waals surface area contributed by atoms with Crippen molar-refractivity contribution < 1.29 is 9.59 Å². The predicted molar refractivity (Wildman–Crippen MR) is 109 cm³/mol. The van der Waals surface area contributed by atoms with Crippen LogP contribution < -0.4 is 10.6 Å². The predicted octanol–water partition coefficient (Wildman–Crippen LogP) is 4.72.